The van der Waals surface area contributed by atoms with Gasteiger partial charge in [-0.25, -0.2) is 9.97 Å². The van der Waals surface area contributed by atoms with Crippen LogP contribution in [0.15, 0.2) is 85.5 Å². The summed E-state index contributed by atoms with van der Waals surface area (Å²) >= 11 is 0. The largest absolute Gasteiger partial charge is 0.495 e. The highest BCUT2D eigenvalue weighted by atomic mass is 16.5. The van der Waals surface area contributed by atoms with Crippen molar-refractivity contribution < 1.29 is 9.53 Å². The number of nitrogens with one attached hydrogen (secondary N) is 2. The van der Waals surface area contributed by atoms with Crippen molar-refractivity contribution in [3.8, 4) is 17.0 Å². The van der Waals surface area contributed by atoms with Crippen molar-refractivity contribution in [3.63, 3.8) is 0 Å². The number of benzene rings is 2. The van der Waals surface area contributed by atoms with E-state index >= 15 is 0 Å². The summed E-state index contributed by atoms with van der Waals surface area (Å²) in [6.45, 7) is 1.95. The van der Waals surface area contributed by atoms with Gasteiger partial charge in [0.1, 0.15) is 5.75 Å². The molecule has 0 aliphatic carbocycles. The molecule has 5 aromatic rings. The molecule has 35 heavy (non-hydrogen) atoms. The van der Waals surface area contributed by atoms with Crippen molar-refractivity contribution in [2.24, 2.45) is 0 Å². The molecule has 0 aliphatic rings. The average molecular weight is 463 g/mol. The van der Waals surface area contributed by atoms with E-state index < -0.39 is 0 Å². The number of pyridine rings is 2. The number of ether oxygens (including phenoxy) is 1. The maximum absolute atomic E-state index is 12.9. The first kappa shape index (κ1) is 22.0. The summed E-state index contributed by atoms with van der Waals surface area (Å²) < 4.78 is 5.25. The Morgan fingerprint density at radius 2 is 1.83 bits per heavy atom. The van der Waals surface area contributed by atoms with Gasteiger partial charge in [-0.05, 0) is 48.9 Å². The lowest BCUT2D eigenvalue weighted by Crippen LogP contribution is -2.12. The molecule has 0 bridgehead atoms. The Balaban J connectivity index is 1.37. The number of rotatable bonds is 6. The van der Waals surface area contributed by atoms with Gasteiger partial charge in [-0.15, -0.1) is 0 Å². The zero-order valence-corrected chi connectivity index (χ0v) is 19.2. The molecule has 2 N–H and O–H groups in total. The second-order valence-corrected chi connectivity index (χ2v) is 7.90. The van der Waals surface area contributed by atoms with Gasteiger partial charge < -0.3 is 15.4 Å². The monoisotopic (exact) mass is 462 g/mol. The topological polar surface area (TPSA) is 102 Å². The van der Waals surface area contributed by atoms with Crippen LogP contribution >= 0.6 is 0 Å². The van der Waals surface area contributed by atoms with E-state index in [-0.39, 0.29) is 5.91 Å². The molecule has 2 aromatic carbocycles. The summed E-state index contributed by atoms with van der Waals surface area (Å²) in [6, 6.07) is 18.8. The lowest BCUT2D eigenvalue weighted by molar-refractivity contribution is 0.102. The van der Waals surface area contributed by atoms with Crippen LogP contribution in [-0.4, -0.2) is 33.0 Å². The summed E-state index contributed by atoms with van der Waals surface area (Å²) in [6.07, 6.45) is 6.67. The predicted octanol–water partition coefficient (Wildman–Crippen LogP) is 5.40. The van der Waals surface area contributed by atoms with Crippen LogP contribution in [0.2, 0.25) is 0 Å². The molecule has 0 saturated heterocycles. The van der Waals surface area contributed by atoms with Crippen LogP contribution in [-0.2, 0) is 0 Å². The number of para-hydroxylation sites is 1. The molecule has 0 atom stereocenters. The molecule has 5 rings (SSSR count). The van der Waals surface area contributed by atoms with E-state index in [1.807, 2.05) is 49.4 Å². The van der Waals surface area contributed by atoms with Crippen molar-refractivity contribution in [1.82, 2.24) is 19.9 Å². The van der Waals surface area contributed by atoms with E-state index in [1.165, 1.54) is 0 Å². The Labute approximate surface area is 202 Å². The fourth-order valence-corrected chi connectivity index (χ4v) is 3.61. The summed E-state index contributed by atoms with van der Waals surface area (Å²) in [5.74, 6) is 0.818. The van der Waals surface area contributed by atoms with Gasteiger partial charge in [-0.1, -0.05) is 24.3 Å². The first-order chi connectivity index (χ1) is 17.1. The Morgan fingerprint density at radius 3 is 2.71 bits per heavy atom. The van der Waals surface area contributed by atoms with E-state index in [2.05, 4.69) is 30.6 Å². The molecule has 0 fully saturated rings. The summed E-state index contributed by atoms with van der Waals surface area (Å²) in [7, 11) is 1.59. The van der Waals surface area contributed by atoms with Crippen LogP contribution in [0.1, 0.15) is 15.9 Å². The first-order valence-corrected chi connectivity index (χ1v) is 11.0. The fourth-order valence-electron chi connectivity index (χ4n) is 3.61. The number of aryl methyl sites for hydroxylation is 1. The number of aromatic nitrogens is 4. The summed E-state index contributed by atoms with van der Waals surface area (Å²) in [4.78, 5) is 30.5. The van der Waals surface area contributed by atoms with Gasteiger partial charge in [0, 0.05) is 34.6 Å². The van der Waals surface area contributed by atoms with E-state index in [0.29, 0.717) is 28.6 Å². The number of methoxy groups -OCH3 is 1. The van der Waals surface area contributed by atoms with E-state index in [1.54, 1.807) is 50.1 Å². The maximum Gasteiger partial charge on any atom is 0.255 e. The Kier molecular flexibility index (Phi) is 6.00. The minimum absolute atomic E-state index is 0.234. The lowest BCUT2D eigenvalue weighted by Gasteiger charge is -2.12. The van der Waals surface area contributed by atoms with Crippen LogP contribution in [0.3, 0.4) is 0 Å². The zero-order chi connectivity index (χ0) is 24.2. The van der Waals surface area contributed by atoms with Crippen LogP contribution in [0.4, 0.5) is 17.3 Å². The number of amides is 1. The fraction of sp³-hybridized carbons (Fsp3) is 0.0741. The van der Waals surface area contributed by atoms with Gasteiger partial charge in [-0.2, -0.15) is 0 Å². The Bertz CT molecular complexity index is 1540. The second-order valence-electron chi connectivity index (χ2n) is 7.90. The standard InChI is InChI=1S/C27H22N6O2/c1-17-7-8-19(26(34)31-21-11-18-5-3-4-6-23(18)30-15-21)13-25(17)33-27-29-10-9-24(32-27)20-12-22(35-2)16-28-14-20/h3-16H,1-2H3,(H,31,34)(H,29,32,33). The van der Waals surface area contributed by atoms with Gasteiger partial charge in [0.2, 0.25) is 5.95 Å². The number of fused-ring (bicyclic) bond motifs is 1. The third kappa shape index (κ3) is 4.91. The third-order valence-corrected chi connectivity index (χ3v) is 5.49. The van der Waals surface area contributed by atoms with E-state index in [4.69, 9.17) is 4.74 Å². The number of anilines is 3. The summed E-state index contributed by atoms with van der Waals surface area (Å²) in [5, 5.41) is 7.11. The van der Waals surface area contributed by atoms with Crippen molar-refractivity contribution in [2.45, 2.75) is 6.92 Å². The zero-order valence-electron chi connectivity index (χ0n) is 19.2. The molecule has 3 aromatic heterocycles. The summed E-state index contributed by atoms with van der Waals surface area (Å²) in [5.41, 5.74) is 5.19. The molecule has 0 unspecified atom stereocenters. The Morgan fingerprint density at radius 1 is 0.943 bits per heavy atom. The number of carbonyl (C=O) groups excluding carboxylic acids is 1. The molecule has 1 amide bonds. The third-order valence-electron chi connectivity index (χ3n) is 5.49. The molecular weight excluding hydrogens is 440 g/mol. The van der Waals surface area contributed by atoms with Crippen LogP contribution < -0.4 is 15.4 Å². The Hall–Kier alpha value is -4.85. The van der Waals surface area contributed by atoms with Gasteiger partial charge in [0.25, 0.3) is 5.91 Å². The average Bonchev–Trinajstić information content (AvgIpc) is 2.90. The van der Waals surface area contributed by atoms with Crippen molar-refractivity contribution in [1.29, 1.82) is 0 Å². The molecule has 172 valence electrons. The van der Waals surface area contributed by atoms with Gasteiger partial charge in [-0.3, -0.25) is 14.8 Å². The first-order valence-electron chi connectivity index (χ1n) is 11.0. The molecule has 3 heterocycles. The van der Waals surface area contributed by atoms with Crippen LogP contribution in [0, 0.1) is 6.92 Å². The van der Waals surface area contributed by atoms with Crippen LogP contribution in [0.25, 0.3) is 22.2 Å². The molecule has 0 aliphatic heterocycles. The van der Waals surface area contributed by atoms with Crippen molar-refractivity contribution in [3.05, 3.63) is 96.6 Å². The van der Waals surface area contributed by atoms with Crippen molar-refractivity contribution in [2.75, 3.05) is 17.7 Å². The second kappa shape index (κ2) is 9.56. The smallest absolute Gasteiger partial charge is 0.255 e. The van der Waals surface area contributed by atoms with Crippen LogP contribution in [0.5, 0.6) is 5.75 Å². The molecule has 0 radical (unpaired) electrons. The quantitative estimate of drug-likeness (QED) is 0.348. The number of carbonyl (C=O) groups is 1. The van der Waals surface area contributed by atoms with Gasteiger partial charge in [0.05, 0.1) is 36.4 Å². The molecule has 0 saturated carbocycles. The number of hydrogen-bond acceptors (Lipinski definition) is 7. The maximum atomic E-state index is 12.9. The predicted molar refractivity (Wildman–Crippen MR) is 136 cm³/mol. The van der Waals surface area contributed by atoms with Crippen molar-refractivity contribution >= 4 is 34.1 Å². The minimum atomic E-state index is -0.234. The van der Waals surface area contributed by atoms with Gasteiger partial charge in [0.15, 0.2) is 0 Å². The minimum Gasteiger partial charge on any atom is -0.495 e. The van der Waals surface area contributed by atoms with E-state index in [0.717, 1.165) is 27.7 Å². The highest BCUT2D eigenvalue weighted by Crippen LogP contribution is 2.25. The normalized spacial score (nSPS) is 10.7. The molecule has 8 nitrogen and oxygen atoms in total. The SMILES string of the molecule is COc1cncc(-c2ccnc(Nc3cc(C(=O)Nc4cnc5ccccc5c4)ccc3C)n2)c1. The lowest BCUT2D eigenvalue weighted by atomic mass is 10.1. The van der Waals surface area contributed by atoms with Gasteiger partial charge >= 0.3 is 0 Å². The number of hydrogen-bond donors (Lipinski definition) is 2. The highest BCUT2D eigenvalue weighted by molar-refractivity contribution is 6.05. The van der Waals surface area contributed by atoms with E-state index in [9.17, 15) is 4.79 Å². The number of nitrogens with zero attached hydrogens (tertiary/aromatic N) is 4. The molecule has 0 spiro atoms. The molecular formula is C27H22N6O2. The molecule has 8 heteroatoms. The highest BCUT2D eigenvalue weighted by Gasteiger charge is 2.11.